The molecule has 0 radical (unpaired) electrons. The van der Waals surface area contributed by atoms with Crippen LogP contribution in [0.2, 0.25) is 0 Å². The van der Waals surface area contributed by atoms with Gasteiger partial charge in [0.1, 0.15) is 0 Å². The number of rotatable bonds is 6. The molecule has 6 heteroatoms. The maximum atomic E-state index is 12.3. The summed E-state index contributed by atoms with van der Waals surface area (Å²) in [6.07, 6.45) is 5.62. The lowest BCUT2D eigenvalue weighted by molar-refractivity contribution is 0.0535. The molecule has 5 nitrogen and oxygen atoms in total. The Morgan fingerprint density at radius 2 is 1.85 bits per heavy atom. The van der Waals surface area contributed by atoms with Gasteiger partial charge < -0.3 is 10.2 Å². The number of hydrogen-bond donors (Lipinski definition) is 2. The summed E-state index contributed by atoms with van der Waals surface area (Å²) < 4.78 is 27.6. The molecule has 0 aromatic heterocycles. The normalized spacial score (nSPS) is 33.0. The molecule has 2 bridgehead atoms. The zero-order valence-corrected chi connectivity index (χ0v) is 13.7. The topological polar surface area (TPSA) is 61.4 Å². The monoisotopic (exact) mass is 303 g/mol. The van der Waals surface area contributed by atoms with E-state index < -0.39 is 10.0 Å². The second kappa shape index (κ2) is 6.73. The Balaban J connectivity index is 1.93. The van der Waals surface area contributed by atoms with E-state index in [0.29, 0.717) is 18.6 Å². The summed E-state index contributed by atoms with van der Waals surface area (Å²) in [5.41, 5.74) is 0. The molecule has 3 atom stereocenters. The van der Waals surface area contributed by atoms with Gasteiger partial charge >= 0.3 is 0 Å². The molecule has 2 heterocycles. The molecule has 2 aliphatic rings. The quantitative estimate of drug-likeness (QED) is 0.766. The zero-order valence-electron chi connectivity index (χ0n) is 12.9. The van der Waals surface area contributed by atoms with Crippen LogP contribution in [-0.2, 0) is 10.0 Å². The van der Waals surface area contributed by atoms with Gasteiger partial charge in [-0.05, 0) is 46.2 Å². The van der Waals surface area contributed by atoms with Gasteiger partial charge in [-0.2, -0.15) is 0 Å². The molecular weight excluding hydrogens is 274 g/mol. The average Bonchev–Trinajstić information content (AvgIpc) is 2.36. The average molecular weight is 303 g/mol. The molecule has 2 N–H and O–H groups in total. The van der Waals surface area contributed by atoms with Crippen molar-refractivity contribution in [3.63, 3.8) is 0 Å². The van der Waals surface area contributed by atoms with Crippen molar-refractivity contribution in [2.45, 2.75) is 69.3 Å². The molecule has 0 aliphatic carbocycles. The van der Waals surface area contributed by atoms with Crippen LogP contribution < -0.4 is 10.0 Å². The highest BCUT2D eigenvalue weighted by atomic mass is 32.2. The van der Waals surface area contributed by atoms with E-state index in [-0.39, 0.29) is 11.3 Å². The van der Waals surface area contributed by atoms with Gasteiger partial charge in [-0.1, -0.05) is 13.3 Å². The number of sulfonamides is 1. The Hall–Kier alpha value is -0.170. The van der Waals surface area contributed by atoms with Gasteiger partial charge in [0.15, 0.2) is 0 Å². The van der Waals surface area contributed by atoms with Crippen molar-refractivity contribution in [2.75, 3.05) is 20.1 Å². The van der Waals surface area contributed by atoms with E-state index in [1.807, 2.05) is 6.92 Å². The minimum absolute atomic E-state index is 0.121. The smallest absolute Gasteiger partial charge is 0.215 e. The molecule has 0 aromatic carbocycles. The van der Waals surface area contributed by atoms with Crippen molar-refractivity contribution in [3.8, 4) is 0 Å². The first kappa shape index (κ1) is 16.2. The lowest BCUT2D eigenvalue weighted by Gasteiger charge is -2.47. The SMILES string of the molecule is CCNCC(C)S(=O)(=O)NC1CC2CCCC(C1)N2C. The minimum Gasteiger partial charge on any atom is -0.316 e. The third kappa shape index (κ3) is 3.72. The van der Waals surface area contributed by atoms with E-state index in [2.05, 4.69) is 22.0 Å². The van der Waals surface area contributed by atoms with Crippen LogP contribution >= 0.6 is 0 Å². The van der Waals surface area contributed by atoms with Gasteiger partial charge in [-0.15, -0.1) is 0 Å². The second-order valence-corrected chi connectivity index (χ2v) is 8.48. The van der Waals surface area contributed by atoms with Crippen LogP contribution in [0.1, 0.15) is 46.0 Å². The highest BCUT2D eigenvalue weighted by Crippen LogP contribution is 2.32. The van der Waals surface area contributed by atoms with E-state index in [9.17, 15) is 8.42 Å². The molecule has 118 valence electrons. The largest absolute Gasteiger partial charge is 0.316 e. The van der Waals surface area contributed by atoms with E-state index in [4.69, 9.17) is 0 Å². The number of nitrogens with one attached hydrogen (secondary N) is 2. The van der Waals surface area contributed by atoms with Crippen molar-refractivity contribution in [3.05, 3.63) is 0 Å². The molecule has 20 heavy (non-hydrogen) atoms. The van der Waals surface area contributed by atoms with Gasteiger partial charge in [-0.3, -0.25) is 0 Å². The lowest BCUT2D eigenvalue weighted by atomic mass is 9.83. The Morgan fingerprint density at radius 3 is 2.40 bits per heavy atom. The highest BCUT2D eigenvalue weighted by Gasteiger charge is 2.37. The van der Waals surface area contributed by atoms with Crippen LogP contribution in [0.15, 0.2) is 0 Å². The number of piperidine rings is 2. The van der Waals surface area contributed by atoms with Gasteiger partial charge in [0, 0.05) is 24.7 Å². The number of hydrogen-bond acceptors (Lipinski definition) is 4. The summed E-state index contributed by atoms with van der Waals surface area (Å²) in [4.78, 5) is 2.45. The third-order valence-corrected chi connectivity index (χ3v) is 6.77. The standard InChI is InChI=1S/C14H29N3O2S/c1-4-15-10-11(2)20(18,19)16-12-8-13-6-5-7-14(9-12)17(13)3/h11-16H,4-10H2,1-3H3. The Labute approximate surface area is 123 Å². The Morgan fingerprint density at radius 1 is 1.25 bits per heavy atom. The maximum Gasteiger partial charge on any atom is 0.215 e. The van der Waals surface area contributed by atoms with E-state index in [1.165, 1.54) is 19.3 Å². The van der Waals surface area contributed by atoms with Crippen molar-refractivity contribution in [1.82, 2.24) is 14.9 Å². The van der Waals surface area contributed by atoms with Crippen LogP contribution in [-0.4, -0.2) is 56.8 Å². The summed E-state index contributed by atoms with van der Waals surface area (Å²) in [6, 6.07) is 1.23. The number of fused-ring (bicyclic) bond motifs is 2. The molecule has 0 spiro atoms. The van der Waals surface area contributed by atoms with Crippen molar-refractivity contribution in [1.29, 1.82) is 0 Å². The van der Waals surface area contributed by atoms with Gasteiger partial charge in [0.25, 0.3) is 0 Å². The van der Waals surface area contributed by atoms with Gasteiger partial charge in [-0.25, -0.2) is 13.1 Å². The third-order valence-electron chi connectivity index (χ3n) is 4.88. The van der Waals surface area contributed by atoms with Crippen LogP contribution in [0.5, 0.6) is 0 Å². The molecule has 0 saturated carbocycles. The number of nitrogens with zero attached hydrogens (tertiary/aromatic N) is 1. The Kier molecular flexibility index (Phi) is 5.45. The van der Waals surface area contributed by atoms with Crippen LogP contribution in [0, 0.1) is 0 Å². The minimum atomic E-state index is -3.21. The molecule has 2 saturated heterocycles. The fraction of sp³-hybridized carbons (Fsp3) is 1.00. The van der Waals surface area contributed by atoms with Crippen LogP contribution in [0.25, 0.3) is 0 Å². The first-order valence-corrected chi connectivity index (χ1v) is 9.42. The summed E-state index contributed by atoms with van der Waals surface area (Å²) in [6.45, 7) is 5.09. The van der Waals surface area contributed by atoms with E-state index in [1.54, 1.807) is 6.92 Å². The molecule has 3 unspecified atom stereocenters. The first-order valence-electron chi connectivity index (χ1n) is 7.87. The second-order valence-electron chi connectivity index (χ2n) is 6.35. The molecule has 2 aliphatic heterocycles. The van der Waals surface area contributed by atoms with E-state index in [0.717, 1.165) is 19.4 Å². The fourth-order valence-corrected chi connectivity index (χ4v) is 4.74. The van der Waals surface area contributed by atoms with Gasteiger partial charge in [0.05, 0.1) is 5.25 Å². The molecule has 2 fully saturated rings. The molecular formula is C14H29N3O2S. The Bertz CT molecular complexity index is 399. The molecule has 0 amide bonds. The summed E-state index contributed by atoms with van der Waals surface area (Å²) in [5, 5.41) is 2.74. The molecule has 2 rings (SSSR count). The van der Waals surface area contributed by atoms with Gasteiger partial charge in [0.2, 0.25) is 10.0 Å². The lowest BCUT2D eigenvalue weighted by Crippen LogP contribution is -2.56. The van der Waals surface area contributed by atoms with Crippen LogP contribution in [0.3, 0.4) is 0 Å². The summed E-state index contributed by atoms with van der Waals surface area (Å²) in [5.74, 6) is 0. The summed E-state index contributed by atoms with van der Waals surface area (Å²) >= 11 is 0. The maximum absolute atomic E-state index is 12.3. The first-order chi connectivity index (χ1) is 9.44. The molecule has 0 aromatic rings. The van der Waals surface area contributed by atoms with Crippen LogP contribution in [0.4, 0.5) is 0 Å². The fourth-order valence-electron chi connectivity index (χ4n) is 3.52. The predicted molar refractivity (Wildman–Crippen MR) is 82.3 cm³/mol. The van der Waals surface area contributed by atoms with Crippen molar-refractivity contribution >= 4 is 10.0 Å². The van der Waals surface area contributed by atoms with Crippen molar-refractivity contribution in [2.24, 2.45) is 0 Å². The van der Waals surface area contributed by atoms with Crippen molar-refractivity contribution < 1.29 is 8.42 Å². The summed E-state index contributed by atoms with van der Waals surface area (Å²) in [7, 11) is -1.02. The predicted octanol–water partition coefficient (Wildman–Crippen LogP) is 0.919. The highest BCUT2D eigenvalue weighted by molar-refractivity contribution is 7.90. The van der Waals surface area contributed by atoms with E-state index >= 15 is 0 Å². The zero-order chi connectivity index (χ0) is 14.8.